The smallest absolute Gasteiger partial charge is 0.180 e. The Balaban J connectivity index is 1.96. The highest BCUT2D eigenvalue weighted by Crippen LogP contribution is 2.35. The lowest BCUT2D eigenvalue weighted by molar-refractivity contribution is 0.344. The van der Waals surface area contributed by atoms with Crippen molar-refractivity contribution >= 4 is 16.7 Å². The molecule has 2 heterocycles. The van der Waals surface area contributed by atoms with Crippen LogP contribution in [0.3, 0.4) is 0 Å². The van der Waals surface area contributed by atoms with Crippen molar-refractivity contribution in [2.45, 2.75) is 6.92 Å². The number of nitrogens with zero attached hydrogens (tertiary/aromatic N) is 3. The van der Waals surface area contributed by atoms with E-state index in [1.165, 1.54) is 12.1 Å². The molecule has 140 valence electrons. The van der Waals surface area contributed by atoms with Crippen LogP contribution in [0.1, 0.15) is 6.92 Å². The van der Waals surface area contributed by atoms with Crippen LogP contribution in [0.15, 0.2) is 60.8 Å². The molecular weight excluding hydrogens is 355 g/mol. The molecule has 0 bridgehead atoms. The van der Waals surface area contributed by atoms with Gasteiger partial charge < -0.3 is 10.1 Å². The van der Waals surface area contributed by atoms with Gasteiger partial charge in [-0.3, -0.25) is 4.98 Å². The van der Waals surface area contributed by atoms with Gasteiger partial charge in [0.25, 0.3) is 0 Å². The summed E-state index contributed by atoms with van der Waals surface area (Å²) in [6.45, 7) is 2.43. The predicted molar refractivity (Wildman–Crippen MR) is 109 cm³/mol. The number of ether oxygens (including phenoxy) is 1. The molecule has 0 atom stereocenters. The van der Waals surface area contributed by atoms with E-state index >= 15 is 0 Å². The summed E-state index contributed by atoms with van der Waals surface area (Å²) in [6.07, 6.45) is 1.71. The summed E-state index contributed by atoms with van der Waals surface area (Å²) in [4.78, 5) is 13.7. The minimum atomic E-state index is -0.270. The van der Waals surface area contributed by atoms with E-state index in [9.17, 15) is 4.39 Å². The van der Waals surface area contributed by atoms with E-state index in [-0.39, 0.29) is 5.82 Å². The molecule has 0 saturated carbocycles. The number of nitrogens with one attached hydrogen (secondary N) is 1. The Morgan fingerprint density at radius 2 is 1.82 bits per heavy atom. The number of anilines is 1. The van der Waals surface area contributed by atoms with Crippen molar-refractivity contribution in [1.29, 1.82) is 0 Å². The summed E-state index contributed by atoms with van der Waals surface area (Å²) < 4.78 is 19.2. The normalized spacial score (nSPS) is 10.8. The van der Waals surface area contributed by atoms with E-state index in [1.54, 1.807) is 18.3 Å². The minimum absolute atomic E-state index is 0.270. The van der Waals surface area contributed by atoms with Crippen LogP contribution in [-0.4, -0.2) is 28.6 Å². The fraction of sp³-hybridized carbons (Fsp3) is 0.136. The highest BCUT2D eigenvalue weighted by atomic mass is 19.1. The zero-order valence-electron chi connectivity index (χ0n) is 15.6. The molecule has 0 aliphatic carbocycles. The lowest BCUT2D eigenvalue weighted by atomic mass is 10.0. The fourth-order valence-corrected chi connectivity index (χ4v) is 3.08. The molecule has 0 radical (unpaired) electrons. The number of fused-ring (bicyclic) bond motifs is 1. The van der Waals surface area contributed by atoms with Gasteiger partial charge in [0.05, 0.1) is 6.61 Å². The quantitative estimate of drug-likeness (QED) is 0.536. The van der Waals surface area contributed by atoms with Gasteiger partial charge in [0.2, 0.25) is 0 Å². The van der Waals surface area contributed by atoms with Crippen molar-refractivity contribution < 1.29 is 9.13 Å². The molecule has 0 unspecified atom stereocenters. The number of hydrogen-bond donors (Lipinski definition) is 1. The number of pyridine rings is 1. The lowest BCUT2D eigenvalue weighted by Crippen LogP contribution is -2.02. The molecule has 0 amide bonds. The summed E-state index contributed by atoms with van der Waals surface area (Å²) in [5, 5.41) is 3.97. The first-order valence-electron chi connectivity index (χ1n) is 9.03. The number of hydrogen-bond acceptors (Lipinski definition) is 5. The maximum absolute atomic E-state index is 13.3. The second-order valence-corrected chi connectivity index (χ2v) is 6.17. The molecule has 4 aromatic rings. The van der Waals surface area contributed by atoms with Gasteiger partial charge in [-0.05, 0) is 54.4 Å². The molecule has 0 saturated heterocycles. The van der Waals surface area contributed by atoms with Gasteiger partial charge in [-0.2, -0.15) is 0 Å². The van der Waals surface area contributed by atoms with Gasteiger partial charge in [-0.1, -0.05) is 18.2 Å². The average molecular weight is 374 g/mol. The second kappa shape index (κ2) is 7.60. The van der Waals surface area contributed by atoms with E-state index in [0.29, 0.717) is 35.2 Å². The number of benzene rings is 2. The van der Waals surface area contributed by atoms with Crippen LogP contribution in [0, 0.1) is 5.82 Å². The Kier molecular flexibility index (Phi) is 4.85. The molecule has 0 spiro atoms. The van der Waals surface area contributed by atoms with Crippen LogP contribution >= 0.6 is 0 Å². The summed E-state index contributed by atoms with van der Waals surface area (Å²) in [7, 11) is 1.81. The Bertz CT molecular complexity index is 1110. The van der Waals surface area contributed by atoms with Crippen LogP contribution in [-0.2, 0) is 0 Å². The zero-order chi connectivity index (χ0) is 19.5. The molecule has 6 heteroatoms. The highest BCUT2D eigenvalue weighted by molar-refractivity contribution is 5.97. The monoisotopic (exact) mass is 374 g/mol. The third kappa shape index (κ3) is 3.36. The van der Waals surface area contributed by atoms with Gasteiger partial charge in [0, 0.05) is 18.6 Å². The molecule has 5 nitrogen and oxygen atoms in total. The molecule has 2 aromatic heterocycles. The van der Waals surface area contributed by atoms with Gasteiger partial charge in [0.15, 0.2) is 5.82 Å². The van der Waals surface area contributed by atoms with Crippen LogP contribution in [0.25, 0.3) is 33.5 Å². The fourth-order valence-electron chi connectivity index (χ4n) is 3.08. The van der Waals surface area contributed by atoms with Gasteiger partial charge >= 0.3 is 0 Å². The molecule has 1 N–H and O–H groups in total. The van der Waals surface area contributed by atoms with E-state index in [2.05, 4.69) is 15.3 Å². The van der Waals surface area contributed by atoms with E-state index in [0.717, 1.165) is 16.5 Å². The van der Waals surface area contributed by atoms with E-state index in [1.807, 2.05) is 44.3 Å². The van der Waals surface area contributed by atoms with Gasteiger partial charge in [-0.15, -0.1) is 0 Å². The first-order chi connectivity index (χ1) is 13.7. The van der Waals surface area contributed by atoms with Crippen LogP contribution in [0.5, 0.6) is 5.75 Å². The van der Waals surface area contributed by atoms with Crippen molar-refractivity contribution in [1.82, 2.24) is 15.0 Å². The second-order valence-electron chi connectivity index (χ2n) is 6.17. The molecular formula is C22H19FN4O. The van der Waals surface area contributed by atoms with Crippen molar-refractivity contribution in [3.8, 4) is 28.4 Å². The SMILES string of the molecule is CCOc1cc(-c2ccc(F)cc2)cc2c(NC)nc(-c3ccccn3)nc12. The third-order valence-electron chi connectivity index (χ3n) is 4.37. The first-order valence-corrected chi connectivity index (χ1v) is 9.03. The van der Waals surface area contributed by atoms with Crippen LogP contribution in [0.4, 0.5) is 10.2 Å². The maximum Gasteiger partial charge on any atom is 0.180 e. The number of rotatable bonds is 5. The minimum Gasteiger partial charge on any atom is -0.492 e. The Hall–Kier alpha value is -3.54. The molecule has 28 heavy (non-hydrogen) atoms. The molecule has 2 aromatic carbocycles. The predicted octanol–water partition coefficient (Wildman–Crippen LogP) is 4.94. The van der Waals surface area contributed by atoms with Gasteiger partial charge in [0.1, 0.15) is 28.6 Å². The largest absolute Gasteiger partial charge is 0.492 e. The van der Waals surface area contributed by atoms with Crippen molar-refractivity contribution in [3.05, 3.63) is 66.6 Å². The first kappa shape index (κ1) is 17.9. The van der Waals surface area contributed by atoms with Crippen molar-refractivity contribution in [2.75, 3.05) is 19.0 Å². The average Bonchev–Trinajstić information content (AvgIpc) is 2.74. The van der Waals surface area contributed by atoms with Gasteiger partial charge in [-0.25, -0.2) is 14.4 Å². The maximum atomic E-state index is 13.3. The molecule has 0 aliphatic heterocycles. The Morgan fingerprint density at radius 3 is 2.50 bits per heavy atom. The molecule has 0 aliphatic rings. The zero-order valence-corrected chi connectivity index (χ0v) is 15.6. The van der Waals surface area contributed by atoms with Crippen molar-refractivity contribution in [3.63, 3.8) is 0 Å². The lowest BCUT2D eigenvalue weighted by Gasteiger charge is -2.14. The topological polar surface area (TPSA) is 59.9 Å². The molecule has 0 fully saturated rings. The van der Waals surface area contributed by atoms with E-state index < -0.39 is 0 Å². The van der Waals surface area contributed by atoms with Crippen LogP contribution in [0.2, 0.25) is 0 Å². The number of halogens is 1. The summed E-state index contributed by atoms with van der Waals surface area (Å²) in [6, 6.07) is 15.9. The summed E-state index contributed by atoms with van der Waals surface area (Å²) in [5.41, 5.74) is 3.18. The molecule has 4 rings (SSSR count). The van der Waals surface area contributed by atoms with E-state index in [4.69, 9.17) is 9.72 Å². The Morgan fingerprint density at radius 1 is 1.00 bits per heavy atom. The van der Waals surface area contributed by atoms with Crippen molar-refractivity contribution in [2.24, 2.45) is 0 Å². The summed E-state index contributed by atoms with van der Waals surface area (Å²) in [5.74, 6) is 1.58. The highest BCUT2D eigenvalue weighted by Gasteiger charge is 2.15. The van der Waals surface area contributed by atoms with Crippen LogP contribution < -0.4 is 10.1 Å². The Labute approximate surface area is 162 Å². The standard InChI is InChI=1S/C22H19FN4O/c1-3-28-19-13-15(14-7-9-16(23)10-8-14)12-17-20(19)26-22(27-21(17)24-2)18-6-4-5-11-25-18/h4-13H,3H2,1-2H3,(H,24,26,27). The third-order valence-corrected chi connectivity index (χ3v) is 4.37. The summed E-state index contributed by atoms with van der Waals surface area (Å²) >= 11 is 0. The number of aromatic nitrogens is 3.